The molecule has 9 heteroatoms. The molecule has 1 N–H and O–H groups in total. The van der Waals surface area contributed by atoms with E-state index in [0.717, 1.165) is 22.2 Å². The van der Waals surface area contributed by atoms with Crippen LogP contribution in [0.5, 0.6) is 11.6 Å². The molecule has 33 heavy (non-hydrogen) atoms. The smallest absolute Gasteiger partial charge is 0.306 e. The molecular formula is C24H26N4O5. The third kappa shape index (κ3) is 5.14. The minimum Gasteiger partial charge on any atom is -0.491 e. The van der Waals surface area contributed by atoms with Crippen molar-refractivity contribution < 1.29 is 23.5 Å². The Morgan fingerprint density at radius 2 is 2.03 bits per heavy atom. The van der Waals surface area contributed by atoms with Crippen LogP contribution in [0.2, 0.25) is 0 Å². The standard InChI is InChI=1S/C24H26N4O5/c1-5-31-21(29)9-7-18-11-16-10-15(6-8-19(16)26-18)22-27-23(33-28-22)17-12-20(30-4)24(25-13-17)32-14(2)3/h6,8,10-14,26H,5,7,9H2,1-4H3. The van der Waals surface area contributed by atoms with Crippen LogP contribution >= 0.6 is 0 Å². The molecule has 0 saturated heterocycles. The van der Waals surface area contributed by atoms with Gasteiger partial charge in [-0.15, -0.1) is 0 Å². The molecule has 0 amide bonds. The summed E-state index contributed by atoms with van der Waals surface area (Å²) in [6, 6.07) is 9.62. The summed E-state index contributed by atoms with van der Waals surface area (Å²) in [6.07, 6.45) is 2.50. The van der Waals surface area contributed by atoms with Crippen molar-refractivity contribution in [2.24, 2.45) is 0 Å². The van der Waals surface area contributed by atoms with E-state index in [0.29, 0.717) is 48.4 Å². The lowest BCUT2D eigenvalue weighted by atomic mass is 10.1. The number of methoxy groups -OCH3 is 1. The van der Waals surface area contributed by atoms with Gasteiger partial charge in [-0.25, -0.2) is 4.98 Å². The normalized spacial score (nSPS) is 11.2. The fourth-order valence-corrected chi connectivity index (χ4v) is 3.40. The second-order valence-corrected chi connectivity index (χ2v) is 7.72. The summed E-state index contributed by atoms with van der Waals surface area (Å²) in [5, 5.41) is 5.12. The molecule has 0 saturated carbocycles. The van der Waals surface area contributed by atoms with Gasteiger partial charge in [-0.3, -0.25) is 4.79 Å². The Hall–Kier alpha value is -3.88. The number of benzene rings is 1. The van der Waals surface area contributed by atoms with Crippen molar-refractivity contribution in [1.29, 1.82) is 0 Å². The molecule has 0 fully saturated rings. The van der Waals surface area contributed by atoms with Gasteiger partial charge in [0.2, 0.25) is 5.82 Å². The first-order valence-electron chi connectivity index (χ1n) is 10.8. The number of pyridine rings is 1. The van der Waals surface area contributed by atoms with Crippen LogP contribution in [0.3, 0.4) is 0 Å². The van der Waals surface area contributed by atoms with E-state index in [-0.39, 0.29) is 12.1 Å². The van der Waals surface area contributed by atoms with Crippen LogP contribution in [0.25, 0.3) is 33.7 Å². The zero-order chi connectivity index (χ0) is 23.4. The predicted octanol–water partition coefficient (Wildman–Crippen LogP) is 4.57. The van der Waals surface area contributed by atoms with Crippen molar-refractivity contribution in [2.75, 3.05) is 13.7 Å². The maximum absolute atomic E-state index is 11.6. The van der Waals surface area contributed by atoms with Crippen LogP contribution in [-0.4, -0.2) is 45.9 Å². The van der Waals surface area contributed by atoms with Gasteiger partial charge in [-0.1, -0.05) is 5.16 Å². The van der Waals surface area contributed by atoms with E-state index >= 15 is 0 Å². The van der Waals surface area contributed by atoms with E-state index < -0.39 is 0 Å². The van der Waals surface area contributed by atoms with Crippen molar-refractivity contribution >= 4 is 16.9 Å². The molecule has 1 aromatic carbocycles. The maximum Gasteiger partial charge on any atom is 0.306 e. The zero-order valence-electron chi connectivity index (χ0n) is 19.0. The van der Waals surface area contributed by atoms with Crippen LogP contribution < -0.4 is 9.47 Å². The Bertz CT molecular complexity index is 1260. The fraction of sp³-hybridized carbons (Fsp3) is 0.333. The fourth-order valence-electron chi connectivity index (χ4n) is 3.40. The molecule has 0 atom stereocenters. The lowest BCUT2D eigenvalue weighted by Crippen LogP contribution is -2.08. The number of nitrogens with one attached hydrogen (secondary N) is 1. The summed E-state index contributed by atoms with van der Waals surface area (Å²) in [5.41, 5.74) is 3.38. The third-order valence-corrected chi connectivity index (χ3v) is 4.90. The Morgan fingerprint density at radius 3 is 2.79 bits per heavy atom. The molecule has 0 unspecified atom stereocenters. The number of carbonyl (C=O) groups excluding carboxylic acids is 1. The SMILES string of the molecule is CCOC(=O)CCc1cc2cc(-c3noc(-c4cnc(OC(C)C)c(OC)c4)n3)ccc2[nH]1. The van der Waals surface area contributed by atoms with Gasteiger partial charge in [0.25, 0.3) is 11.8 Å². The van der Waals surface area contributed by atoms with E-state index in [2.05, 4.69) is 20.1 Å². The average molecular weight is 450 g/mol. The summed E-state index contributed by atoms with van der Waals surface area (Å²) >= 11 is 0. The van der Waals surface area contributed by atoms with E-state index in [1.54, 1.807) is 26.3 Å². The molecule has 4 aromatic rings. The molecule has 0 radical (unpaired) electrons. The highest BCUT2D eigenvalue weighted by Crippen LogP contribution is 2.31. The number of carbonyl (C=O) groups is 1. The van der Waals surface area contributed by atoms with Crippen LogP contribution in [0, 0.1) is 0 Å². The quantitative estimate of drug-likeness (QED) is 0.369. The van der Waals surface area contributed by atoms with E-state index in [1.165, 1.54) is 0 Å². The van der Waals surface area contributed by atoms with Gasteiger partial charge in [-0.05, 0) is 51.5 Å². The number of hydrogen-bond donors (Lipinski definition) is 1. The van der Waals surface area contributed by atoms with Gasteiger partial charge in [0.15, 0.2) is 5.75 Å². The van der Waals surface area contributed by atoms with Crippen molar-refractivity contribution in [1.82, 2.24) is 20.1 Å². The van der Waals surface area contributed by atoms with Crippen molar-refractivity contribution in [3.05, 3.63) is 42.2 Å². The van der Waals surface area contributed by atoms with Gasteiger partial charge in [0.1, 0.15) is 0 Å². The number of H-pyrrole nitrogens is 1. The minimum atomic E-state index is -0.203. The largest absolute Gasteiger partial charge is 0.491 e. The second kappa shape index (κ2) is 9.72. The molecule has 0 aliphatic heterocycles. The van der Waals surface area contributed by atoms with Crippen LogP contribution in [0.15, 0.2) is 41.1 Å². The number of nitrogens with zero attached hydrogens (tertiary/aromatic N) is 3. The second-order valence-electron chi connectivity index (χ2n) is 7.72. The number of ether oxygens (including phenoxy) is 3. The van der Waals surface area contributed by atoms with Gasteiger partial charge in [0, 0.05) is 34.4 Å². The number of aromatic nitrogens is 4. The number of aryl methyl sites for hydroxylation is 1. The lowest BCUT2D eigenvalue weighted by molar-refractivity contribution is -0.143. The van der Waals surface area contributed by atoms with Gasteiger partial charge < -0.3 is 23.7 Å². The molecule has 0 bridgehead atoms. The van der Waals surface area contributed by atoms with Crippen molar-refractivity contribution in [3.63, 3.8) is 0 Å². The number of aromatic amines is 1. The first-order valence-corrected chi connectivity index (χ1v) is 10.8. The number of esters is 1. The number of rotatable bonds is 9. The average Bonchev–Trinajstić information content (AvgIpc) is 3.44. The summed E-state index contributed by atoms with van der Waals surface area (Å²) in [4.78, 5) is 23.8. The molecular weight excluding hydrogens is 424 g/mol. The number of fused-ring (bicyclic) bond motifs is 1. The molecule has 0 aliphatic carbocycles. The van der Waals surface area contributed by atoms with Gasteiger partial charge in [0.05, 0.1) is 31.8 Å². The predicted molar refractivity (Wildman–Crippen MR) is 122 cm³/mol. The minimum absolute atomic E-state index is 0.0266. The summed E-state index contributed by atoms with van der Waals surface area (Å²) in [6.45, 7) is 6.03. The maximum atomic E-state index is 11.6. The number of hydrogen-bond acceptors (Lipinski definition) is 8. The highest BCUT2D eigenvalue weighted by atomic mass is 16.5. The van der Waals surface area contributed by atoms with Crippen molar-refractivity contribution in [2.45, 2.75) is 39.7 Å². The molecule has 3 aromatic heterocycles. The highest BCUT2D eigenvalue weighted by molar-refractivity contribution is 5.85. The summed E-state index contributed by atoms with van der Waals surface area (Å²) in [7, 11) is 1.56. The Morgan fingerprint density at radius 1 is 1.18 bits per heavy atom. The Balaban J connectivity index is 1.54. The van der Waals surface area contributed by atoms with Gasteiger partial charge >= 0.3 is 5.97 Å². The topological polar surface area (TPSA) is 112 Å². The zero-order valence-corrected chi connectivity index (χ0v) is 19.0. The monoisotopic (exact) mass is 450 g/mol. The van der Waals surface area contributed by atoms with Crippen LogP contribution in [0.4, 0.5) is 0 Å². The van der Waals surface area contributed by atoms with Crippen LogP contribution in [0.1, 0.15) is 32.9 Å². The van der Waals surface area contributed by atoms with E-state index in [1.807, 2.05) is 38.1 Å². The molecule has 9 nitrogen and oxygen atoms in total. The van der Waals surface area contributed by atoms with Crippen molar-refractivity contribution in [3.8, 4) is 34.5 Å². The first kappa shape index (κ1) is 22.3. The summed E-state index contributed by atoms with van der Waals surface area (Å²) < 4.78 is 21.5. The molecule has 4 rings (SSSR count). The van der Waals surface area contributed by atoms with E-state index in [4.69, 9.17) is 18.7 Å². The molecule has 0 spiro atoms. The first-order chi connectivity index (χ1) is 16.0. The third-order valence-electron chi connectivity index (χ3n) is 4.90. The lowest BCUT2D eigenvalue weighted by Gasteiger charge is -2.12. The Labute approximate surface area is 191 Å². The molecule has 0 aliphatic rings. The molecule has 3 heterocycles. The summed E-state index contributed by atoms with van der Waals surface area (Å²) in [5.74, 6) is 1.49. The molecule has 172 valence electrons. The van der Waals surface area contributed by atoms with E-state index in [9.17, 15) is 4.79 Å². The van der Waals surface area contributed by atoms with Gasteiger partial charge in [-0.2, -0.15) is 4.98 Å². The van der Waals surface area contributed by atoms with Crippen LogP contribution in [-0.2, 0) is 16.0 Å². The Kier molecular flexibility index (Phi) is 6.58. The highest BCUT2D eigenvalue weighted by Gasteiger charge is 2.16.